The van der Waals surface area contributed by atoms with E-state index in [2.05, 4.69) is 34.1 Å². The highest BCUT2D eigenvalue weighted by atomic mass is 35.5. The zero-order chi connectivity index (χ0) is 19.0. The molecule has 4 rings (SSSR count). The number of anilines is 1. The highest BCUT2D eigenvalue weighted by Gasteiger charge is 2.31. The Hall–Kier alpha value is -1.26. The quantitative estimate of drug-likeness (QED) is 0.780. The third kappa shape index (κ3) is 4.27. The van der Waals surface area contributed by atoms with E-state index in [1.165, 1.54) is 11.3 Å². The predicted octanol–water partition coefficient (Wildman–Crippen LogP) is 4.94. The summed E-state index contributed by atoms with van der Waals surface area (Å²) in [6.07, 6.45) is 1.70. The largest absolute Gasteiger partial charge is 0.390 e. The van der Waals surface area contributed by atoms with Crippen molar-refractivity contribution in [3.63, 3.8) is 0 Å². The molecule has 2 aromatic carbocycles. The van der Waals surface area contributed by atoms with E-state index in [9.17, 15) is 5.11 Å². The van der Waals surface area contributed by atoms with Gasteiger partial charge in [0.05, 0.1) is 5.60 Å². The van der Waals surface area contributed by atoms with Crippen LogP contribution in [-0.2, 0) is 6.54 Å². The van der Waals surface area contributed by atoms with Crippen LogP contribution in [0.25, 0.3) is 0 Å². The molecule has 2 aliphatic rings. The maximum absolute atomic E-state index is 10.1. The van der Waals surface area contributed by atoms with Gasteiger partial charge in [-0.15, -0.1) is 0 Å². The first-order valence-corrected chi connectivity index (χ1v) is 10.4. The van der Waals surface area contributed by atoms with Crippen molar-refractivity contribution in [1.82, 2.24) is 4.90 Å². The first kappa shape index (κ1) is 19.1. The first-order chi connectivity index (χ1) is 12.9. The van der Waals surface area contributed by atoms with E-state index >= 15 is 0 Å². The van der Waals surface area contributed by atoms with E-state index in [1.54, 1.807) is 0 Å². The maximum Gasteiger partial charge on any atom is 0.0644 e. The van der Waals surface area contributed by atoms with Gasteiger partial charge in [-0.3, -0.25) is 4.90 Å². The fraction of sp³-hybridized carbons (Fsp3) is 0.455. The van der Waals surface area contributed by atoms with E-state index in [0.717, 1.165) is 61.2 Å². The van der Waals surface area contributed by atoms with Crippen molar-refractivity contribution in [3.8, 4) is 0 Å². The average Bonchev–Trinajstić information content (AvgIpc) is 2.59. The Balaban J connectivity index is 1.33. The van der Waals surface area contributed by atoms with Gasteiger partial charge in [0.15, 0.2) is 0 Å². The van der Waals surface area contributed by atoms with Gasteiger partial charge < -0.3 is 10.0 Å². The second-order valence-electron chi connectivity index (χ2n) is 8.18. The second kappa shape index (κ2) is 7.63. The Kier molecular flexibility index (Phi) is 5.39. The standard InChI is InChI=1S/C22H26Cl2N2O/c1-22(27)9-11-25(12-10-22)13-16-5-7-18(8-6-16)26-14-17(15-26)21-19(23)3-2-4-20(21)24/h2-8,17,27H,9-15H2,1H3. The van der Waals surface area contributed by atoms with E-state index in [4.69, 9.17) is 23.2 Å². The van der Waals surface area contributed by atoms with Crippen LogP contribution >= 0.6 is 23.2 Å². The van der Waals surface area contributed by atoms with Gasteiger partial charge in [-0.05, 0) is 55.2 Å². The van der Waals surface area contributed by atoms with Gasteiger partial charge in [0.25, 0.3) is 0 Å². The van der Waals surface area contributed by atoms with Crippen molar-refractivity contribution in [2.24, 2.45) is 0 Å². The summed E-state index contributed by atoms with van der Waals surface area (Å²) in [6.45, 7) is 6.71. The SMILES string of the molecule is CC1(O)CCN(Cc2ccc(N3CC(c4c(Cl)cccc4Cl)C3)cc2)CC1. The molecule has 0 saturated carbocycles. The topological polar surface area (TPSA) is 26.7 Å². The summed E-state index contributed by atoms with van der Waals surface area (Å²) in [5.74, 6) is 0.395. The molecule has 0 aromatic heterocycles. The fourth-order valence-corrected chi connectivity index (χ4v) is 4.74. The highest BCUT2D eigenvalue weighted by Crippen LogP contribution is 2.38. The molecule has 0 spiro atoms. The van der Waals surface area contributed by atoms with E-state index in [1.807, 2.05) is 25.1 Å². The van der Waals surface area contributed by atoms with Crippen LogP contribution in [0.4, 0.5) is 5.69 Å². The lowest BCUT2D eigenvalue weighted by Crippen LogP contribution is -2.45. The molecule has 0 radical (unpaired) electrons. The monoisotopic (exact) mass is 404 g/mol. The minimum Gasteiger partial charge on any atom is -0.390 e. The highest BCUT2D eigenvalue weighted by molar-refractivity contribution is 6.36. The number of rotatable bonds is 4. The lowest BCUT2D eigenvalue weighted by Gasteiger charge is -2.42. The second-order valence-corrected chi connectivity index (χ2v) is 8.99. The number of piperidine rings is 1. The van der Waals surface area contributed by atoms with E-state index < -0.39 is 5.60 Å². The minimum absolute atomic E-state index is 0.395. The Morgan fingerprint density at radius 3 is 2.19 bits per heavy atom. The van der Waals surface area contributed by atoms with Crippen molar-refractivity contribution in [3.05, 3.63) is 63.6 Å². The Morgan fingerprint density at radius 1 is 1.00 bits per heavy atom. The van der Waals surface area contributed by atoms with Gasteiger partial charge in [-0.2, -0.15) is 0 Å². The number of halogens is 2. The van der Waals surface area contributed by atoms with Crippen LogP contribution in [0.1, 0.15) is 36.8 Å². The number of aliphatic hydroxyl groups is 1. The van der Waals surface area contributed by atoms with Crippen LogP contribution in [0.5, 0.6) is 0 Å². The van der Waals surface area contributed by atoms with Gasteiger partial charge in [0.2, 0.25) is 0 Å². The van der Waals surface area contributed by atoms with Crippen molar-refractivity contribution >= 4 is 28.9 Å². The minimum atomic E-state index is -0.487. The van der Waals surface area contributed by atoms with Crippen molar-refractivity contribution in [1.29, 1.82) is 0 Å². The Labute approximate surface area is 171 Å². The van der Waals surface area contributed by atoms with Gasteiger partial charge >= 0.3 is 0 Å². The molecule has 0 amide bonds. The molecule has 0 aliphatic carbocycles. The zero-order valence-corrected chi connectivity index (χ0v) is 17.2. The average molecular weight is 405 g/mol. The molecule has 3 nitrogen and oxygen atoms in total. The van der Waals surface area contributed by atoms with Gasteiger partial charge in [0.1, 0.15) is 0 Å². The summed E-state index contributed by atoms with van der Waals surface area (Å²) in [5.41, 5.74) is 3.17. The lowest BCUT2D eigenvalue weighted by atomic mass is 9.90. The molecule has 144 valence electrons. The van der Waals surface area contributed by atoms with Crippen LogP contribution in [0, 0.1) is 0 Å². The van der Waals surface area contributed by atoms with Gasteiger partial charge in [-0.1, -0.05) is 41.4 Å². The molecule has 5 heteroatoms. The molecule has 0 unspecified atom stereocenters. The smallest absolute Gasteiger partial charge is 0.0644 e. The molecule has 0 bridgehead atoms. The molecule has 0 atom stereocenters. The predicted molar refractivity (Wildman–Crippen MR) is 113 cm³/mol. The summed E-state index contributed by atoms with van der Waals surface area (Å²) in [5, 5.41) is 11.6. The van der Waals surface area contributed by atoms with Crippen LogP contribution in [-0.4, -0.2) is 41.8 Å². The normalized spacial score (nSPS) is 20.5. The summed E-state index contributed by atoms with van der Waals surface area (Å²) >= 11 is 12.7. The number of likely N-dealkylation sites (tertiary alicyclic amines) is 1. The van der Waals surface area contributed by atoms with E-state index in [-0.39, 0.29) is 0 Å². The molecular weight excluding hydrogens is 379 g/mol. The molecule has 2 aromatic rings. The van der Waals surface area contributed by atoms with Crippen LogP contribution in [0.15, 0.2) is 42.5 Å². The summed E-state index contributed by atoms with van der Waals surface area (Å²) in [4.78, 5) is 4.79. The number of hydrogen-bond acceptors (Lipinski definition) is 3. The van der Waals surface area contributed by atoms with Gasteiger partial charge in [0, 0.05) is 54.4 Å². The zero-order valence-electron chi connectivity index (χ0n) is 15.7. The Morgan fingerprint density at radius 2 is 1.59 bits per heavy atom. The molecule has 2 aliphatic heterocycles. The third-order valence-corrected chi connectivity index (χ3v) is 6.59. The fourth-order valence-electron chi connectivity index (χ4n) is 4.04. The maximum atomic E-state index is 10.1. The molecule has 1 N–H and O–H groups in total. The molecule has 27 heavy (non-hydrogen) atoms. The van der Waals surface area contributed by atoms with Crippen molar-refractivity contribution < 1.29 is 5.11 Å². The lowest BCUT2D eigenvalue weighted by molar-refractivity contribution is -0.00729. The Bertz CT molecular complexity index is 770. The third-order valence-electron chi connectivity index (χ3n) is 5.93. The summed E-state index contributed by atoms with van der Waals surface area (Å²) in [7, 11) is 0. The van der Waals surface area contributed by atoms with Crippen LogP contribution in [0.3, 0.4) is 0 Å². The van der Waals surface area contributed by atoms with Crippen molar-refractivity contribution in [2.75, 3.05) is 31.1 Å². The molecule has 2 fully saturated rings. The molecule has 2 heterocycles. The summed E-state index contributed by atoms with van der Waals surface area (Å²) < 4.78 is 0. The van der Waals surface area contributed by atoms with Crippen LogP contribution < -0.4 is 4.90 Å². The number of benzene rings is 2. The number of nitrogens with zero attached hydrogens (tertiary/aromatic N) is 2. The van der Waals surface area contributed by atoms with E-state index in [0.29, 0.717) is 5.92 Å². The number of hydrogen-bond donors (Lipinski definition) is 1. The first-order valence-electron chi connectivity index (χ1n) is 9.64. The van der Waals surface area contributed by atoms with Crippen molar-refractivity contribution in [2.45, 2.75) is 37.8 Å². The molecule has 2 saturated heterocycles. The van der Waals surface area contributed by atoms with Crippen LogP contribution in [0.2, 0.25) is 10.0 Å². The summed E-state index contributed by atoms with van der Waals surface area (Å²) in [6, 6.07) is 14.6. The molecular formula is C22H26Cl2N2O. The van der Waals surface area contributed by atoms with Gasteiger partial charge in [-0.25, -0.2) is 0 Å².